The summed E-state index contributed by atoms with van der Waals surface area (Å²) in [5, 5.41) is 12.9. The number of halogens is 1. The third-order valence-electron chi connectivity index (χ3n) is 15.3. The molecule has 274 valence electrons. The quantitative estimate of drug-likeness (QED) is 0.277. The number of rotatable bonds is 7. The number of hydrogen-bond acceptors (Lipinski definition) is 5. The minimum absolute atomic E-state index is 0.0106. The van der Waals surface area contributed by atoms with Crippen molar-refractivity contribution in [3.8, 4) is 0 Å². The van der Waals surface area contributed by atoms with E-state index in [0.717, 1.165) is 56.1 Å². The minimum atomic E-state index is -1.18. The summed E-state index contributed by atoms with van der Waals surface area (Å²) in [6.45, 7) is 19.2. The molecule has 4 saturated carbocycles. The van der Waals surface area contributed by atoms with Crippen molar-refractivity contribution in [1.82, 2.24) is 5.32 Å². The van der Waals surface area contributed by atoms with Gasteiger partial charge in [0.25, 0.3) is 5.91 Å². The third kappa shape index (κ3) is 5.31. The van der Waals surface area contributed by atoms with Gasteiger partial charge in [0.2, 0.25) is 0 Å². The summed E-state index contributed by atoms with van der Waals surface area (Å²) in [5.41, 5.74) is -0.380. The SMILES string of the molecule is CC(C)C1=C2[C@H]3CC[C@@H]4[C@@]5(C)CC[C@H](OC(=O)CC(C)(C)C(=O)O)C(C)(C)[C@@H]5CC[C@@]4(C)[C@]3(C)CC[C@@]2(NC(=O)c2ccccc2F)CC1=O. The molecule has 50 heavy (non-hydrogen) atoms. The first-order valence-electron chi connectivity index (χ1n) is 18.9. The van der Waals surface area contributed by atoms with Crippen LogP contribution in [0.4, 0.5) is 4.39 Å². The van der Waals surface area contributed by atoms with Crippen molar-refractivity contribution in [2.24, 2.45) is 50.7 Å². The number of hydrogen-bond donors (Lipinski definition) is 2. The monoisotopic (exact) mass is 691 g/mol. The number of ether oxygens (including phenoxy) is 1. The van der Waals surface area contributed by atoms with Crippen LogP contribution in [0.5, 0.6) is 0 Å². The molecule has 5 aliphatic rings. The highest BCUT2D eigenvalue weighted by Crippen LogP contribution is 2.76. The third-order valence-corrected chi connectivity index (χ3v) is 15.3. The van der Waals surface area contributed by atoms with E-state index in [1.54, 1.807) is 26.0 Å². The summed E-state index contributed by atoms with van der Waals surface area (Å²) >= 11 is 0. The van der Waals surface area contributed by atoms with Gasteiger partial charge in [0, 0.05) is 11.8 Å². The molecular weight excluding hydrogens is 633 g/mol. The van der Waals surface area contributed by atoms with Crippen LogP contribution in [-0.2, 0) is 19.1 Å². The van der Waals surface area contributed by atoms with E-state index in [9.17, 15) is 28.7 Å². The Morgan fingerprint density at radius 1 is 0.940 bits per heavy atom. The highest BCUT2D eigenvalue weighted by atomic mass is 19.1. The van der Waals surface area contributed by atoms with Crippen molar-refractivity contribution in [3.63, 3.8) is 0 Å². The smallest absolute Gasteiger partial charge is 0.309 e. The Kier molecular flexibility index (Phi) is 8.83. The van der Waals surface area contributed by atoms with Crippen LogP contribution in [0.15, 0.2) is 35.4 Å². The van der Waals surface area contributed by atoms with Crippen LogP contribution >= 0.6 is 0 Å². The molecule has 5 aliphatic carbocycles. The number of carbonyl (C=O) groups is 4. The summed E-state index contributed by atoms with van der Waals surface area (Å²) in [5.74, 6) is -1.46. The molecule has 1 aromatic carbocycles. The summed E-state index contributed by atoms with van der Waals surface area (Å²) < 4.78 is 20.9. The lowest BCUT2D eigenvalue weighted by Gasteiger charge is -2.72. The molecule has 8 atom stereocenters. The number of carboxylic acids is 1. The van der Waals surface area contributed by atoms with Gasteiger partial charge in [-0.2, -0.15) is 0 Å². The van der Waals surface area contributed by atoms with Crippen molar-refractivity contribution in [1.29, 1.82) is 0 Å². The van der Waals surface area contributed by atoms with Gasteiger partial charge in [-0.1, -0.05) is 60.6 Å². The van der Waals surface area contributed by atoms with Crippen molar-refractivity contribution < 1.29 is 33.4 Å². The maximum Gasteiger partial charge on any atom is 0.309 e. The Balaban J connectivity index is 1.31. The summed E-state index contributed by atoms with van der Waals surface area (Å²) in [6.07, 6.45) is 6.96. The Morgan fingerprint density at radius 3 is 2.26 bits per heavy atom. The van der Waals surface area contributed by atoms with Gasteiger partial charge in [0.1, 0.15) is 11.9 Å². The molecule has 0 heterocycles. The number of fused-ring (bicyclic) bond motifs is 7. The molecule has 2 N–H and O–H groups in total. The maximum absolute atomic E-state index is 14.8. The highest BCUT2D eigenvalue weighted by molar-refractivity contribution is 6.03. The fraction of sp³-hybridized carbons (Fsp3) is 0.714. The van der Waals surface area contributed by atoms with Crippen molar-refractivity contribution in [2.45, 2.75) is 138 Å². The van der Waals surface area contributed by atoms with Gasteiger partial charge in [-0.15, -0.1) is 0 Å². The lowest BCUT2D eigenvalue weighted by Crippen LogP contribution is -2.67. The normalized spacial score (nSPS) is 37.7. The number of carboxylic acid groups (broad SMARTS) is 1. The molecule has 6 rings (SSSR count). The van der Waals surface area contributed by atoms with Crippen LogP contribution in [0.3, 0.4) is 0 Å². The predicted molar refractivity (Wildman–Crippen MR) is 190 cm³/mol. The van der Waals surface area contributed by atoms with Crippen molar-refractivity contribution >= 4 is 23.6 Å². The standard InChI is InChI=1S/C42H58FNO6/c1-24(2)33-28(45)22-42(44-35(47)25-12-10-11-13-27(25)43)21-20-40(8)26(34(33)42)14-15-30-39(7)18-17-31(50-32(46)23-37(3,4)36(48)49)38(5,6)29(39)16-19-41(30,40)9/h10-13,24,26,29-31H,14-23H2,1-9H3,(H,44,47)(H,48,49)/t26-,29+,30-,31+,39+,40-,41-,42-/m1/s1. The number of allylic oxidation sites excluding steroid dienone is 1. The Morgan fingerprint density at radius 2 is 1.62 bits per heavy atom. The molecule has 1 aromatic rings. The zero-order valence-electron chi connectivity index (χ0n) is 31.6. The van der Waals surface area contributed by atoms with Gasteiger partial charge in [-0.3, -0.25) is 19.2 Å². The van der Waals surface area contributed by atoms with E-state index in [0.29, 0.717) is 18.3 Å². The van der Waals surface area contributed by atoms with E-state index in [2.05, 4.69) is 53.8 Å². The van der Waals surface area contributed by atoms with Gasteiger partial charge < -0.3 is 15.2 Å². The number of benzene rings is 1. The van der Waals surface area contributed by atoms with Crippen LogP contribution < -0.4 is 5.32 Å². The number of Topliss-reactive ketones (excluding diaryl/α,β-unsaturated/α-hetero) is 1. The van der Waals surface area contributed by atoms with Gasteiger partial charge in [0.05, 0.1) is 22.9 Å². The Hall–Kier alpha value is -3.03. The molecule has 0 saturated heterocycles. The topological polar surface area (TPSA) is 110 Å². The van der Waals surface area contributed by atoms with Crippen LogP contribution in [0.1, 0.15) is 137 Å². The molecule has 0 bridgehead atoms. The molecular formula is C42H58FNO6. The second-order valence-corrected chi connectivity index (χ2v) is 18.9. The minimum Gasteiger partial charge on any atom is -0.481 e. The Bertz CT molecular complexity index is 1640. The van der Waals surface area contributed by atoms with E-state index in [1.165, 1.54) is 12.1 Å². The lowest BCUT2D eigenvalue weighted by atomic mass is 9.33. The Labute approximate surface area is 297 Å². The second kappa shape index (κ2) is 12.0. The van der Waals surface area contributed by atoms with Gasteiger partial charge in [-0.05, 0) is 128 Å². The zero-order chi connectivity index (χ0) is 36.8. The number of nitrogens with one attached hydrogen (secondary N) is 1. The van der Waals surface area contributed by atoms with Gasteiger partial charge in [-0.25, -0.2) is 4.39 Å². The van der Waals surface area contributed by atoms with Crippen LogP contribution in [0.25, 0.3) is 0 Å². The first-order chi connectivity index (χ1) is 23.1. The summed E-state index contributed by atoms with van der Waals surface area (Å²) in [4.78, 5) is 52.3. The van der Waals surface area contributed by atoms with Crippen molar-refractivity contribution in [3.05, 3.63) is 46.8 Å². The molecule has 0 aromatic heterocycles. The molecule has 8 heteroatoms. The number of aliphatic carboxylic acids is 1. The van der Waals surface area contributed by atoms with Crippen molar-refractivity contribution in [2.75, 3.05) is 0 Å². The van der Waals surface area contributed by atoms with Gasteiger partial charge in [0.15, 0.2) is 5.78 Å². The predicted octanol–water partition coefficient (Wildman–Crippen LogP) is 8.70. The average molecular weight is 692 g/mol. The largest absolute Gasteiger partial charge is 0.481 e. The van der Waals surface area contributed by atoms with Crippen LogP contribution in [-0.4, -0.2) is 40.4 Å². The molecule has 0 spiro atoms. The summed E-state index contributed by atoms with van der Waals surface area (Å²) in [6, 6.07) is 6.06. The van der Waals surface area contributed by atoms with E-state index in [-0.39, 0.29) is 63.8 Å². The maximum atomic E-state index is 14.8. The molecule has 0 radical (unpaired) electrons. The second-order valence-electron chi connectivity index (χ2n) is 18.9. The first kappa shape index (κ1) is 36.8. The first-order valence-corrected chi connectivity index (χ1v) is 18.9. The molecule has 0 unspecified atom stereocenters. The fourth-order valence-electron chi connectivity index (χ4n) is 12.5. The van der Waals surface area contributed by atoms with E-state index < -0.39 is 34.6 Å². The number of carbonyl (C=O) groups excluding carboxylic acids is 3. The molecule has 7 nitrogen and oxygen atoms in total. The van der Waals surface area contributed by atoms with Gasteiger partial charge >= 0.3 is 11.9 Å². The highest BCUT2D eigenvalue weighted by Gasteiger charge is 2.70. The van der Waals surface area contributed by atoms with Crippen LogP contribution in [0, 0.1) is 56.6 Å². The molecule has 1 amide bonds. The number of ketones is 1. The molecule has 0 aliphatic heterocycles. The summed E-state index contributed by atoms with van der Waals surface area (Å²) in [7, 11) is 0. The lowest BCUT2D eigenvalue weighted by molar-refractivity contribution is -0.232. The average Bonchev–Trinajstić information content (AvgIpc) is 3.30. The zero-order valence-corrected chi connectivity index (χ0v) is 31.6. The van der Waals surface area contributed by atoms with Crippen LogP contribution in [0.2, 0.25) is 0 Å². The van der Waals surface area contributed by atoms with E-state index in [1.807, 2.05) is 0 Å². The van der Waals surface area contributed by atoms with E-state index in [4.69, 9.17) is 4.74 Å². The molecule has 4 fully saturated rings. The van der Waals surface area contributed by atoms with E-state index >= 15 is 0 Å². The fourth-order valence-corrected chi connectivity index (χ4v) is 12.5. The number of amides is 1. The number of esters is 1.